The normalized spacial score (nSPS) is 14.4. The highest BCUT2D eigenvalue weighted by atomic mass is 16.6. The minimum atomic E-state index is -1.37. The molecule has 0 amide bonds. The fourth-order valence-corrected chi connectivity index (χ4v) is 1.86. The maximum absolute atomic E-state index is 12.1. The van der Waals surface area contributed by atoms with E-state index in [1.54, 1.807) is 0 Å². The SMILES string of the molecule is C[C@H](O)OC(=O)c1cc(C(=O)C[C@@H](C)O)cc(C(=O)O[C@@H](C)O)c1. The molecule has 0 aliphatic rings. The zero-order chi connectivity index (χ0) is 18.4. The monoisotopic (exact) mass is 340 g/mol. The number of rotatable bonds is 7. The Labute approximate surface area is 138 Å². The Balaban J connectivity index is 3.25. The van der Waals surface area contributed by atoms with E-state index in [2.05, 4.69) is 9.47 Å². The third-order valence-electron chi connectivity index (χ3n) is 2.76. The number of ketones is 1. The van der Waals surface area contributed by atoms with Crippen molar-refractivity contribution in [3.05, 3.63) is 34.9 Å². The molecule has 0 aliphatic carbocycles. The predicted octanol–water partition coefficient (Wildman–Crippen LogP) is 0.630. The van der Waals surface area contributed by atoms with E-state index in [-0.39, 0.29) is 23.1 Å². The van der Waals surface area contributed by atoms with E-state index in [9.17, 15) is 19.5 Å². The van der Waals surface area contributed by atoms with Gasteiger partial charge in [-0.05, 0) is 39.0 Å². The number of aliphatic hydroxyl groups excluding tert-OH is 3. The van der Waals surface area contributed by atoms with Crippen LogP contribution in [0.5, 0.6) is 0 Å². The fourth-order valence-electron chi connectivity index (χ4n) is 1.86. The van der Waals surface area contributed by atoms with E-state index in [0.717, 1.165) is 6.07 Å². The molecule has 1 aromatic carbocycles. The number of benzene rings is 1. The summed E-state index contributed by atoms with van der Waals surface area (Å²) in [5.41, 5.74) is -0.303. The lowest BCUT2D eigenvalue weighted by Crippen LogP contribution is -2.18. The highest BCUT2D eigenvalue weighted by Crippen LogP contribution is 2.16. The summed E-state index contributed by atoms with van der Waals surface area (Å²) in [5, 5.41) is 27.5. The molecule has 0 spiro atoms. The van der Waals surface area contributed by atoms with Gasteiger partial charge >= 0.3 is 11.9 Å². The molecular weight excluding hydrogens is 320 g/mol. The first kappa shape index (κ1) is 19.8. The van der Waals surface area contributed by atoms with Crippen molar-refractivity contribution in [3.63, 3.8) is 0 Å². The average Bonchev–Trinajstić information content (AvgIpc) is 2.44. The van der Waals surface area contributed by atoms with Crippen molar-refractivity contribution in [3.8, 4) is 0 Å². The molecule has 0 saturated heterocycles. The maximum Gasteiger partial charge on any atom is 0.340 e. The molecule has 0 aromatic heterocycles. The van der Waals surface area contributed by atoms with Crippen LogP contribution in [-0.4, -0.2) is 51.7 Å². The lowest BCUT2D eigenvalue weighted by Gasteiger charge is -2.12. The van der Waals surface area contributed by atoms with Gasteiger partial charge in [0.05, 0.1) is 17.2 Å². The summed E-state index contributed by atoms with van der Waals surface area (Å²) >= 11 is 0. The van der Waals surface area contributed by atoms with E-state index in [1.807, 2.05) is 0 Å². The lowest BCUT2D eigenvalue weighted by atomic mass is 10.00. The van der Waals surface area contributed by atoms with Crippen LogP contribution < -0.4 is 0 Å². The van der Waals surface area contributed by atoms with Crippen molar-refractivity contribution in [1.29, 1.82) is 0 Å². The molecule has 8 heteroatoms. The lowest BCUT2D eigenvalue weighted by molar-refractivity contribution is -0.0527. The molecule has 0 fully saturated rings. The summed E-state index contributed by atoms with van der Waals surface area (Å²) in [7, 11) is 0. The summed E-state index contributed by atoms with van der Waals surface area (Å²) in [6.07, 6.45) is -3.86. The molecule has 0 aliphatic heterocycles. The highest BCUT2D eigenvalue weighted by molar-refractivity contribution is 6.03. The van der Waals surface area contributed by atoms with Crippen LogP contribution in [0.25, 0.3) is 0 Å². The molecule has 1 aromatic rings. The molecule has 0 radical (unpaired) electrons. The maximum atomic E-state index is 12.1. The number of ether oxygens (including phenoxy) is 2. The summed E-state index contributed by atoms with van der Waals surface area (Å²) in [5.74, 6) is -2.38. The van der Waals surface area contributed by atoms with Crippen LogP contribution in [0, 0.1) is 0 Å². The molecule has 1 rings (SSSR count). The number of Topliss-reactive ketones (excluding diaryl/α,β-unsaturated/α-hetero) is 1. The van der Waals surface area contributed by atoms with Crippen molar-refractivity contribution in [2.75, 3.05) is 0 Å². The molecule has 3 N–H and O–H groups in total. The van der Waals surface area contributed by atoms with E-state index in [0.29, 0.717) is 0 Å². The van der Waals surface area contributed by atoms with Crippen LogP contribution in [0.1, 0.15) is 58.3 Å². The zero-order valence-electron chi connectivity index (χ0n) is 13.6. The molecule has 132 valence electrons. The van der Waals surface area contributed by atoms with Gasteiger partial charge in [-0.3, -0.25) is 4.79 Å². The molecule has 0 unspecified atom stereocenters. The average molecular weight is 340 g/mol. The number of esters is 2. The van der Waals surface area contributed by atoms with Gasteiger partial charge in [0, 0.05) is 12.0 Å². The Bertz CT molecular complexity index is 520. The topological polar surface area (TPSA) is 130 Å². The third kappa shape index (κ3) is 6.07. The van der Waals surface area contributed by atoms with E-state index in [1.165, 1.54) is 32.9 Å². The van der Waals surface area contributed by atoms with Crippen molar-refractivity contribution in [2.24, 2.45) is 0 Å². The standard InChI is InChI=1S/C16H20O8/c1-8(17)4-14(20)11-5-12(15(21)23-9(2)18)7-13(6-11)16(22)24-10(3)19/h5-10,17-19H,4H2,1-3H3/t8-,9-,10+/m1/s1. The van der Waals surface area contributed by atoms with E-state index < -0.39 is 36.4 Å². The first-order valence-corrected chi connectivity index (χ1v) is 7.24. The van der Waals surface area contributed by atoms with Gasteiger partial charge in [-0.1, -0.05) is 0 Å². The van der Waals surface area contributed by atoms with Crippen molar-refractivity contribution < 1.29 is 39.2 Å². The zero-order valence-corrected chi connectivity index (χ0v) is 13.6. The number of hydrogen-bond acceptors (Lipinski definition) is 8. The van der Waals surface area contributed by atoms with Gasteiger partial charge < -0.3 is 24.8 Å². The molecule has 8 nitrogen and oxygen atoms in total. The first-order chi connectivity index (χ1) is 11.1. The Hall–Kier alpha value is -2.29. The number of carbonyl (C=O) groups is 3. The van der Waals surface area contributed by atoms with Crippen LogP contribution in [0.3, 0.4) is 0 Å². The second-order valence-corrected chi connectivity index (χ2v) is 5.28. The largest absolute Gasteiger partial charge is 0.433 e. The first-order valence-electron chi connectivity index (χ1n) is 7.24. The van der Waals surface area contributed by atoms with Crippen LogP contribution in [0.15, 0.2) is 18.2 Å². The van der Waals surface area contributed by atoms with Gasteiger partial charge in [-0.2, -0.15) is 0 Å². The van der Waals surface area contributed by atoms with E-state index >= 15 is 0 Å². The van der Waals surface area contributed by atoms with E-state index in [4.69, 9.17) is 10.2 Å². The summed E-state index contributed by atoms with van der Waals surface area (Å²) in [6, 6.07) is 3.50. The van der Waals surface area contributed by atoms with Crippen LogP contribution in [0.2, 0.25) is 0 Å². The Kier molecular flexibility index (Phi) is 7.02. The molecule has 0 saturated carbocycles. The van der Waals surface area contributed by atoms with Crippen molar-refractivity contribution in [1.82, 2.24) is 0 Å². The molecule has 0 heterocycles. The van der Waals surface area contributed by atoms with Gasteiger partial charge in [0.25, 0.3) is 0 Å². The molecule has 0 bridgehead atoms. The third-order valence-corrected chi connectivity index (χ3v) is 2.76. The molecule has 3 atom stereocenters. The second-order valence-electron chi connectivity index (χ2n) is 5.28. The van der Waals surface area contributed by atoms with Crippen molar-refractivity contribution in [2.45, 2.75) is 45.9 Å². The van der Waals surface area contributed by atoms with Gasteiger partial charge in [0.15, 0.2) is 18.4 Å². The van der Waals surface area contributed by atoms with Crippen LogP contribution in [-0.2, 0) is 9.47 Å². The minimum Gasteiger partial charge on any atom is -0.433 e. The summed E-state index contributed by atoms with van der Waals surface area (Å²) in [4.78, 5) is 35.9. The molecular formula is C16H20O8. The van der Waals surface area contributed by atoms with Gasteiger partial charge in [0.2, 0.25) is 0 Å². The summed E-state index contributed by atoms with van der Waals surface area (Å²) in [6.45, 7) is 3.87. The van der Waals surface area contributed by atoms with Gasteiger partial charge in [-0.15, -0.1) is 0 Å². The minimum absolute atomic E-state index is 0.00603. The second kappa shape index (κ2) is 8.53. The number of aliphatic hydroxyl groups is 3. The van der Waals surface area contributed by atoms with Crippen LogP contribution >= 0.6 is 0 Å². The van der Waals surface area contributed by atoms with Crippen molar-refractivity contribution >= 4 is 17.7 Å². The van der Waals surface area contributed by atoms with Crippen LogP contribution in [0.4, 0.5) is 0 Å². The Morgan fingerprint density at radius 1 is 0.833 bits per heavy atom. The summed E-state index contributed by atoms with van der Waals surface area (Å²) < 4.78 is 9.24. The Morgan fingerprint density at radius 2 is 1.21 bits per heavy atom. The fraction of sp³-hybridized carbons (Fsp3) is 0.438. The molecule has 24 heavy (non-hydrogen) atoms. The quantitative estimate of drug-likeness (QED) is 0.374. The number of carbonyl (C=O) groups excluding carboxylic acids is 3. The van der Waals surface area contributed by atoms with Gasteiger partial charge in [0.1, 0.15) is 0 Å². The van der Waals surface area contributed by atoms with Gasteiger partial charge in [-0.25, -0.2) is 9.59 Å². The highest BCUT2D eigenvalue weighted by Gasteiger charge is 2.20. The number of hydrogen-bond donors (Lipinski definition) is 3. The predicted molar refractivity (Wildman–Crippen MR) is 81.3 cm³/mol. The Morgan fingerprint density at radius 3 is 1.54 bits per heavy atom. The smallest absolute Gasteiger partial charge is 0.340 e.